The first kappa shape index (κ1) is 22.6. The van der Waals surface area contributed by atoms with E-state index in [4.69, 9.17) is 16.0 Å². The number of aryl methyl sites for hydroxylation is 2. The largest absolute Gasteiger partial charge is 0.451 e. The van der Waals surface area contributed by atoms with Crippen molar-refractivity contribution in [2.24, 2.45) is 0 Å². The van der Waals surface area contributed by atoms with Crippen molar-refractivity contribution in [3.8, 4) is 0 Å². The molecule has 1 aromatic heterocycles. The molecule has 7 nitrogen and oxygen atoms in total. The van der Waals surface area contributed by atoms with Gasteiger partial charge in [-0.1, -0.05) is 41.4 Å². The number of amides is 1. The predicted octanol–water partition coefficient (Wildman–Crippen LogP) is 5.12. The molecule has 0 aliphatic carbocycles. The van der Waals surface area contributed by atoms with Crippen LogP contribution in [0.15, 0.2) is 80.8 Å². The molecule has 0 bridgehead atoms. The molecule has 0 aliphatic heterocycles. The maximum absolute atomic E-state index is 13.0. The number of carbonyl (C=O) groups excluding carboxylic acids is 1. The van der Waals surface area contributed by atoms with Crippen molar-refractivity contribution in [1.29, 1.82) is 0 Å². The Kier molecular flexibility index (Phi) is 5.97. The van der Waals surface area contributed by atoms with Crippen LogP contribution in [-0.4, -0.2) is 14.3 Å². The van der Waals surface area contributed by atoms with Crippen LogP contribution in [0.4, 0.5) is 11.4 Å². The molecule has 1 amide bonds. The smallest absolute Gasteiger partial charge is 0.291 e. The fourth-order valence-electron chi connectivity index (χ4n) is 3.32. The standard InChI is InChI=1S/C24H19ClN2O5S/c1-14-7-10-19(15(2)11-14)27-33(30,31)23-12-16(8-9-18(23)25)26-24(29)22-13-20(28)17-5-3-4-6-21(17)32-22/h3-13,27H,1-2H3,(H,26,29). The van der Waals surface area contributed by atoms with E-state index in [-0.39, 0.29) is 32.4 Å². The topological polar surface area (TPSA) is 105 Å². The van der Waals surface area contributed by atoms with Crippen molar-refractivity contribution < 1.29 is 17.6 Å². The van der Waals surface area contributed by atoms with Gasteiger partial charge in [-0.25, -0.2) is 8.42 Å². The highest BCUT2D eigenvalue weighted by Gasteiger charge is 2.21. The molecule has 9 heteroatoms. The van der Waals surface area contributed by atoms with Crippen LogP contribution in [0.1, 0.15) is 21.7 Å². The maximum atomic E-state index is 13.0. The number of sulfonamides is 1. The number of anilines is 2. The monoisotopic (exact) mass is 482 g/mol. The summed E-state index contributed by atoms with van der Waals surface area (Å²) >= 11 is 6.16. The van der Waals surface area contributed by atoms with Crippen LogP contribution in [0.25, 0.3) is 11.0 Å². The fourth-order valence-corrected chi connectivity index (χ4v) is 4.98. The van der Waals surface area contributed by atoms with Gasteiger partial charge in [0.15, 0.2) is 11.2 Å². The van der Waals surface area contributed by atoms with E-state index in [2.05, 4.69) is 10.0 Å². The van der Waals surface area contributed by atoms with Gasteiger partial charge in [-0.2, -0.15) is 0 Å². The minimum Gasteiger partial charge on any atom is -0.451 e. The van der Waals surface area contributed by atoms with Gasteiger partial charge in [0.25, 0.3) is 15.9 Å². The lowest BCUT2D eigenvalue weighted by Crippen LogP contribution is -2.17. The van der Waals surface area contributed by atoms with Gasteiger partial charge in [0.05, 0.1) is 16.1 Å². The van der Waals surface area contributed by atoms with Crippen molar-refractivity contribution >= 4 is 49.9 Å². The van der Waals surface area contributed by atoms with Gasteiger partial charge >= 0.3 is 0 Å². The van der Waals surface area contributed by atoms with E-state index in [1.165, 1.54) is 18.2 Å². The van der Waals surface area contributed by atoms with E-state index >= 15 is 0 Å². The van der Waals surface area contributed by atoms with Crippen molar-refractivity contribution in [2.45, 2.75) is 18.7 Å². The van der Waals surface area contributed by atoms with Crippen molar-refractivity contribution in [3.05, 3.63) is 98.9 Å². The summed E-state index contributed by atoms with van der Waals surface area (Å²) in [5, 5.41) is 2.89. The highest BCUT2D eigenvalue weighted by Crippen LogP contribution is 2.28. The van der Waals surface area contributed by atoms with Crippen LogP contribution in [0.2, 0.25) is 5.02 Å². The second-order valence-corrected chi connectivity index (χ2v) is 9.55. The number of rotatable bonds is 5. The van der Waals surface area contributed by atoms with Crippen molar-refractivity contribution in [3.63, 3.8) is 0 Å². The molecule has 4 aromatic rings. The Morgan fingerprint density at radius 1 is 0.970 bits per heavy atom. The highest BCUT2D eigenvalue weighted by atomic mass is 35.5. The third-order valence-corrected chi connectivity index (χ3v) is 6.81. The van der Waals surface area contributed by atoms with E-state index in [9.17, 15) is 18.0 Å². The Bertz CT molecular complexity index is 1560. The summed E-state index contributed by atoms with van der Waals surface area (Å²) in [6.07, 6.45) is 0. The number of carbonyl (C=O) groups is 1. The third kappa shape index (κ3) is 4.76. The first-order valence-electron chi connectivity index (χ1n) is 9.88. The molecule has 0 aliphatic rings. The Morgan fingerprint density at radius 3 is 2.48 bits per heavy atom. The van der Waals surface area contributed by atoms with Gasteiger partial charge in [-0.05, 0) is 55.8 Å². The minimum atomic E-state index is -4.04. The lowest BCUT2D eigenvalue weighted by molar-refractivity contribution is 0.0997. The number of para-hydroxylation sites is 1. The normalized spacial score (nSPS) is 11.4. The summed E-state index contributed by atoms with van der Waals surface area (Å²) in [6.45, 7) is 3.70. The summed E-state index contributed by atoms with van der Waals surface area (Å²) in [5.41, 5.74) is 2.25. The summed E-state index contributed by atoms with van der Waals surface area (Å²) in [4.78, 5) is 24.7. The summed E-state index contributed by atoms with van der Waals surface area (Å²) < 4.78 is 34.0. The zero-order valence-corrected chi connectivity index (χ0v) is 19.3. The Hall–Kier alpha value is -3.62. The van der Waals surface area contributed by atoms with Crippen LogP contribution in [-0.2, 0) is 10.0 Å². The molecule has 0 radical (unpaired) electrons. The molecule has 0 unspecified atom stereocenters. The van der Waals surface area contributed by atoms with E-state index in [1.807, 2.05) is 13.0 Å². The Balaban J connectivity index is 1.63. The molecule has 0 saturated heterocycles. The summed E-state index contributed by atoms with van der Waals surface area (Å²) in [5.74, 6) is -0.905. The first-order chi connectivity index (χ1) is 15.6. The molecule has 0 saturated carbocycles. The average Bonchev–Trinajstić information content (AvgIpc) is 2.77. The van der Waals surface area contributed by atoms with Crippen LogP contribution >= 0.6 is 11.6 Å². The average molecular weight is 483 g/mol. The molecule has 0 atom stereocenters. The SMILES string of the molecule is Cc1ccc(NS(=O)(=O)c2cc(NC(=O)c3cc(=O)c4ccccc4o3)ccc2Cl)c(C)c1. The number of nitrogens with one attached hydrogen (secondary N) is 2. The van der Waals surface area contributed by atoms with Gasteiger partial charge in [0.2, 0.25) is 0 Å². The summed E-state index contributed by atoms with van der Waals surface area (Å²) in [7, 11) is -4.04. The Labute approximate surface area is 195 Å². The fraction of sp³-hybridized carbons (Fsp3) is 0.0833. The highest BCUT2D eigenvalue weighted by molar-refractivity contribution is 7.92. The molecule has 0 spiro atoms. The van der Waals surface area contributed by atoms with Gasteiger partial charge in [0.1, 0.15) is 10.5 Å². The van der Waals surface area contributed by atoms with Crippen molar-refractivity contribution in [1.82, 2.24) is 0 Å². The molecule has 3 aromatic carbocycles. The van der Waals surface area contributed by atoms with Crippen LogP contribution in [0.5, 0.6) is 0 Å². The lowest BCUT2D eigenvalue weighted by atomic mass is 10.1. The molecule has 168 valence electrons. The van der Waals surface area contributed by atoms with Crippen LogP contribution < -0.4 is 15.5 Å². The van der Waals surface area contributed by atoms with E-state index < -0.39 is 15.9 Å². The molecule has 4 rings (SSSR count). The van der Waals surface area contributed by atoms with Gasteiger partial charge < -0.3 is 9.73 Å². The number of halogens is 1. The number of hydrogen-bond acceptors (Lipinski definition) is 5. The second kappa shape index (κ2) is 8.73. The van der Waals surface area contributed by atoms with Crippen molar-refractivity contribution in [2.75, 3.05) is 10.0 Å². The van der Waals surface area contributed by atoms with Gasteiger partial charge in [0, 0.05) is 11.8 Å². The van der Waals surface area contributed by atoms with E-state index in [1.54, 1.807) is 43.3 Å². The Morgan fingerprint density at radius 2 is 1.73 bits per heavy atom. The molecular formula is C24H19ClN2O5S. The molecule has 33 heavy (non-hydrogen) atoms. The maximum Gasteiger partial charge on any atom is 0.291 e. The number of hydrogen-bond donors (Lipinski definition) is 2. The van der Waals surface area contributed by atoms with Crippen LogP contribution in [0, 0.1) is 13.8 Å². The quantitative estimate of drug-likeness (QED) is 0.411. The molecule has 1 heterocycles. The minimum absolute atomic E-state index is 0.0116. The third-order valence-electron chi connectivity index (χ3n) is 4.96. The van der Waals surface area contributed by atoms with E-state index in [0.717, 1.165) is 17.2 Å². The van der Waals surface area contributed by atoms with E-state index in [0.29, 0.717) is 11.1 Å². The van der Waals surface area contributed by atoms with Gasteiger partial charge in [-0.3, -0.25) is 14.3 Å². The zero-order chi connectivity index (χ0) is 23.8. The zero-order valence-electron chi connectivity index (χ0n) is 17.7. The van der Waals surface area contributed by atoms with Crippen LogP contribution in [0.3, 0.4) is 0 Å². The molecular weight excluding hydrogens is 464 g/mol. The van der Waals surface area contributed by atoms with Gasteiger partial charge in [-0.15, -0.1) is 0 Å². The predicted molar refractivity (Wildman–Crippen MR) is 129 cm³/mol. The number of benzene rings is 3. The lowest BCUT2D eigenvalue weighted by Gasteiger charge is -2.13. The summed E-state index contributed by atoms with van der Waals surface area (Å²) in [6, 6.07) is 17.0. The first-order valence-corrected chi connectivity index (χ1v) is 11.7. The number of fused-ring (bicyclic) bond motifs is 1. The molecule has 2 N–H and O–H groups in total. The molecule has 0 fully saturated rings. The second-order valence-electron chi connectivity index (χ2n) is 7.49.